The van der Waals surface area contributed by atoms with Gasteiger partial charge in [0.2, 0.25) is 0 Å². The summed E-state index contributed by atoms with van der Waals surface area (Å²) in [6.45, 7) is 0. The fraction of sp³-hybridized carbons (Fsp3) is 0. The van der Waals surface area contributed by atoms with Gasteiger partial charge in [-0.25, -0.2) is 4.79 Å². The Labute approximate surface area is 123 Å². The molecule has 4 amide bonds. The Balaban J connectivity index is 2.23. The van der Waals surface area contributed by atoms with Gasteiger partial charge < -0.3 is 16.8 Å². The Morgan fingerprint density at radius 2 is 1.90 bits per heavy atom. The maximum atomic E-state index is 11.9. The van der Waals surface area contributed by atoms with Gasteiger partial charge in [0.05, 0.1) is 10.6 Å². The highest BCUT2D eigenvalue weighted by molar-refractivity contribution is 7.20. The summed E-state index contributed by atoms with van der Waals surface area (Å²) >= 11 is 0.967. The average molecular weight is 305 g/mol. The number of thiophene rings is 1. The summed E-state index contributed by atoms with van der Waals surface area (Å²) in [7, 11) is 0. The van der Waals surface area contributed by atoms with Crippen molar-refractivity contribution < 1.29 is 14.4 Å². The van der Waals surface area contributed by atoms with Crippen LogP contribution in [0.15, 0.2) is 30.5 Å². The van der Waals surface area contributed by atoms with Gasteiger partial charge in [0.1, 0.15) is 10.7 Å². The number of hydrogen-bond acceptors (Lipinski definition) is 5. The highest BCUT2D eigenvalue weighted by Gasteiger charge is 2.17. The normalized spacial score (nSPS) is 9.90. The number of hydrogen-bond donors (Lipinski definition) is 4. The van der Waals surface area contributed by atoms with Crippen molar-refractivity contribution in [2.24, 2.45) is 11.5 Å². The van der Waals surface area contributed by atoms with Gasteiger partial charge in [0.15, 0.2) is 0 Å². The molecule has 0 fully saturated rings. The zero-order valence-corrected chi connectivity index (χ0v) is 11.4. The summed E-state index contributed by atoms with van der Waals surface area (Å²) in [5, 5.41) is 5.35. The van der Waals surface area contributed by atoms with E-state index in [1.807, 2.05) is 0 Å². The molecule has 2 heterocycles. The van der Waals surface area contributed by atoms with E-state index in [1.54, 1.807) is 18.2 Å². The van der Waals surface area contributed by atoms with E-state index >= 15 is 0 Å². The fourth-order valence-corrected chi connectivity index (χ4v) is 2.47. The quantitative estimate of drug-likeness (QED) is 0.668. The minimum absolute atomic E-state index is 0.0649. The first-order valence-electron chi connectivity index (χ1n) is 5.70. The predicted molar refractivity (Wildman–Crippen MR) is 78.2 cm³/mol. The summed E-state index contributed by atoms with van der Waals surface area (Å²) in [4.78, 5) is 38.0. The summed E-state index contributed by atoms with van der Waals surface area (Å²) in [5.41, 5.74) is 10.5. The summed E-state index contributed by atoms with van der Waals surface area (Å²) in [6.07, 6.45) is 1.48. The molecule has 0 aromatic carbocycles. The van der Waals surface area contributed by atoms with E-state index in [-0.39, 0.29) is 16.3 Å². The number of pyridine rings is 1. The van der Waals surface area contributed by atoms with Crippen LogP contribution in [-0.2, 0) is 0 Å². The van der Waals surface area contributed by atoms with Gasteiger partial charge in [-0.15, -0.1) is 0 Å². The van der Waals surface area contributed by atoms with Crippen LogP contribution in [0.3, 0.4) is 0 Å². The summed E-state index contributed by atoms with van der Waals surface area (Å²) in [6, 6.07) is 5.43. The number of amides is 4. The van der Waals surface area contributed by atoms with Crippen molar-refractivity contribution in [3.63, 3.8) is 0 Å². The molecule has 0 bridgehead atoms. The molecule has 0 saturated carbocycles. The molecule has 0 unspecified atom stereocenters. The second kappa shape index (κ2) is 6.01. The Bertz CT molecular complexity index is 698. The average Bonchev–Trinajstić information content (AvgIpc) is 2.81. The van der Waals surface area contributed by atoms with Crippen LogP contribution in [0.4, 0.5) is 14.8 Å². The van der Waals surface area contributed by atoms with Crippen molar-refractivity contribution in [3.8, 4) is 0 Å². The third-order valence-corrected chi connectivity index (χ3v) is 3.33. The molecule has 0 spiro atoms. The van der Waals surface area contributed by atoms with Gasteiger partial charge in [-0.3, -0.25) is 19.9 Å². The van der Waals surface area contributed by atoms with Crippen LogP contribution in [0, 0.1) is 0 Å². The molecular formula is C12H11N5O3S. The van der Waals surface area contributed by atoms with Gasteiger partial charge in [-0.1, -0.05) is 17.4 Å². The molecule has 8 nitrogen and oxygen atoms in total. The van der Waals surface area contributed by atoms with Gasteiger partial charge in [0, 0.05) is 6.20 Å². The number of anilines is 2. The third-order valence-electron chi connectivity index (χ3n) is 2.37. The minimum Gasteiger partial charge on any atom is -0.366 e. The Morgan fingerprint density at radius 1 is 1.14 bits per heavy atom. The molecule has 9 heteroatoms. The van der Waals surface area contributed by atoms with Crippen LogP contribution in [0.2, 0.25) is 0 Å². The van der Waals surface area contributed by atoms with Crippen LogP contribution < -0.4 is 22.1 Å². The molecule has 0 radical (unpaired) electrons. The molecule has 0 atom stereocenters. The highest BCUT2D eigenvalue weighted by atomic mass is 32.1. The number of nitrogens with zero attached hydrogens (tertiary/aromatic N) is 1. The number of nitrogens with two attached hydrogens (primary N) is 2. The third kappa shape index (κ3) is 3.54. The zero-order valence-electron chi connectivity index (χ0n) is 10.6. The first-order chi connectivity index (χ1) is 9.97. The molecule has 2 aromatic rings. The monoisotopic (exact) mass is 305 g/mol. The number of primary amides is 2. The van der Waals surface area contributed by atoms with Gasteiger partial charge in [-0.2, -0.15) is 0 Å². The van der Waals surface area contributed by atoms with Gasteiger partial charge in [-0.05, 0) is 18.2 Å². The second-order valence-electron chi connectivity index (χ2n) is 3.88. The maximum absolute atomic E-state index is 11.9. The highest BCUT2D eigenvalue weighted by Crippen LogP contribution is 2.32. The molecule has 2 rings (SSSR count). The SMILES string of the molecule is NC(=O)Nc1sc(NC(=O)c2ccccn2)cc1C(N)=O. The van der Waals surface area contributed by atoms with Crippen LogP contribution in [0.1, 0.15) is 20.8 Å². The molecular weight excluding hydrogens is 294 g/mol. The Hall–Kier alpha value is -2.94. The number of urea groups is 1. The lowest BCUT2D eigenvalue weighted by atomic mass is 10.3. The Morgan fingerprint density at radius 3 is 2.48 bits per heavy atom. The predicted octanol–water partition coefficient (Wildman–Crippen LogP) is 0.985. The number of carbonyl (C=O) groups is 3. The molecule has 0 aliphatic carbocycles. The molecule has 0 aliphatic rings. The molecule has 108 valence electrons. The number of aromatic nitrogens is 1. The van der Waals surface area contributed by atoms with Crippen molar-refractivity contribution in [1.29, 1.82) is 0 Å². The van der Waals surface area contributed by atoms with E-state index < -0.39 is 17.8 Å². The van der Waals surface area contributed by atoms with Crippen molar-refractivity contribution in [2.75, 3.05) is 10.6 Å². The van der Waals surface area contributed by atoms with E-state index in [0.717, 1.165) is 11.3 Å². The topological polar surface area (TPSA) is 140 Å². The zero-order chi connectivity index (χ0) is 15.4. The van der Waals surface area contributed by atoms with E-state index in [9.17, 15) is 14.4 Å². The van der Waals surface area contributed by atoms with Crippen LogP contribution in [0.5, 0.6) is 0 Å². The maximum Gasteiger partial charge on any atom is 0.317 e. The lowest BCUT2D eigenvalue weighted by Gasteiger charge is -2.00. The van der Waals surface area contributed by atoms with E-state index in [2.05, 4.69) is 15.6 Å². The largest absolute Gasteiger partial charge is 0.366 e. The number of rotatable bonds is 4. The molecule has 2 aromatic heterocycles. The van der Waals surface area contributed by atoms with E-state index in [0.29, 0.717) is 5.00 Å². The van der Waals surface area contributed by atoms with Gasteiger partial charge in [0.25, 0.3) is 11.8 Å². The Kier molecular flexibility index (Phi) is 4.14. The minimum atomic E-state index is -0.832. The molecule has 6 N–H and O–H groups in total. The van der Waals surface area contributed by atoms with Crippen LogP contribution in [-0.4, -0.2) is 22.8 Å². The van der Waals surface area contributed by atoms with Crippen molar-refractivity contribution >= 4 is 39.2 Å². The summed E-state index contributed by atoms with van der Waals surface area (Å²) in [5.74, 6) is -1.19. The van der Waals surface area contributed by atoms with Crippen LogP contribution in [0.25, 0.3) is 0 Å². The number of nitrogens with one attached hydrogen (secondary N) is 2. The molecule has 0 aliphatic heterocycles. The molecule has 0 saturated heterocycles. The number of carbonyl (C=O) groups excluding carboxylic acids is 3. The standard InChI is InChI=1S/C12H11N5O3S/c13-9(18)6-5-8(21-11(6)17-12(14)20)16-10(19)7-3-1-2-4-15-7/h1-5H,(H2,13,18)(H,16,19)(H3,14,17,20). The van der Waals surface area contributed by atoms with Crippen molar-refractivity contribution in [2.45, 2.75) is 0 Å². The second-order valence-corrected chi connectivity index (χ2v) is 4.93. The van der Waals surface area contributed by atoms with E-state index in [1.165, 1.54) is 12.3 Å². The lowest BCUT2D eigenvalue weighted by molar-refractivity contribution is 0.0997. The van der Waals surface area contributed by atoms with Crippen molar-refractivity contribution in [3.05, 3.63) is 41.7 Å². The van der Waals surface area contributed by atoms with Crippen LogP contribution >= 0.6 is 11.3 Å². The van der Waals surface area contributed by atoms with Gasteiger partial charge >= 0.3 is 6.03 Å². The van der Waals surface area contributed by atoms with Crippen molar-refractivity contribution in [1.82, 2.24) is 4.98 Å². The smallest absolute Gasteiger partial charge is 0.317 e. The first-order valence-corrected chi connectivity index (χ1v) is 6.51. The lowest BCUT2D eigenvalue weighted by Crippen LogP contribution is -2.21. The summed E-state index contributed by atoms with van der Waals surface area (Å²) < 4.78 is 0. The first kappa shape index (κ1) is 14.5. The fourth-order valence-electron chi connectivity index (χ4n) is 1.51. The van der Waals surface area contributed by atoms with E-state index in [4.69, 9.17) is 11.5 Å². The molecule has 21 heavy (non-hydrogen) atoms.